The van der Waals surface area contributed by atoms with Gasteiger partial charge in [-0.25, -0.2) is 4.39 Å². The lowest BCUT2D eigenvalue weighted by molar-refractivity contribution is -0.146. The first-order valence-corrected chi connectivity index (χ1v) is 14.0. The third kappa shape index (κ3) is 6.88. The smallest absolute Gasteiger partial charge is 0.308 e. The fraction of sp³-hybridized carbons (Fsp3) is 0.462. The number of benzene rings is 1. The molecule has 2 aromatic heterocycles. The number of aromatic nitrogens is 1. The van der Waals surface area contributed by atoms with Crippen molar-refractivity contribution in [3.63, 3.8) is 0 Å². The molecule has 1 aromatic carbocycles. The molecule has 5 nitrogen and oxygen atoms in total. The van der Waals surface area contributed by atoms with E-state index >= 15 is 4.39 Å². The first-order valence-electron chi connectivity index (χ1n) is 11.8. The molecule has 1 N–H and O–H groups in total. The number of nitrogens with zero attached hydrogens (tertiary/aromatic N) is 2. The van der Waals surface area contributed by atoms with Crippen LogP contribution in [-0.2, 0) is 4.79 Å². The monoisotopic (exact) mass is 536 g/mol. The van der Waals surface area contributed by atoms with Gasteiger partial charge in [-0.15, -0.1) is 23.1 Å². The number of hydrogen-bond donors (Lipinski definition) is 1. The Hall–Kier alpha value is -1.87. The normalized spacial score (nSPS) is 19.6. The van der Waals surface area contributed by atoms with Crippen molar-refractivity contribution in [3.05, 3.63) is 52.5 Å². The molecule has 0 aliphatic carbocycles. The van der Waals surface area contributed by atoms with Gasteiger partial charge >= 0.3 is 5.97 Å². The maximum Gasteiger partial charge on any atom is 0.308 e. The zero-order chi connectivity index (χ0) is 24.8. The largest absolute Gasteiger partial charge is 0.497 e. The van der Waals surface area contributed by atoms with Crippen molar-refractivity contribution in [1.82, 2.24) is 9.88 Å². The molecule has 0 saturated carbocycles. The van der Waals surface area contributed by atoms with E-state index in [0.29, 0.717) is 30.7 Å². The van der Waals surface area contributed by atoms with Crippen LogP contribution in [0.1, 0.15) is 37.4 Å². The average molecular weight is 537 g/mol. The lowest BCUT2D eigenvalue weighted by Gasteiger charge is -2.36. The Morgan fingerprint density at radius 2 is 2.23 bits per heavy atom. The third-order valence-electron chi connectivity index (χ3n) is 6.68. The zero-order valence-electron chi connectivity index (χ0n) is 19.7. The molecule has 0 radical (unpaired) electrons. The molecule has 0 bridgehead atoms. The lowest BCUT2D eigenvalue weighted by atomic mass is 9.81. The van der Waals surface area contributed by atoms with Crippen LogP contribution < -0.4 is 4.74 Å². The number of hydrogen-bond acceptors (Lipinski definition) is 6. The predicted molar refractivity (Wildman–Crippen MR) is 142 cm³/mol. The van der Waals surface area contributed by atoms with E-state index in [1.807, 2.05) is 30.3 Å². The second kappa shape index (κ2) is 12.4. The standard InChI is InChI=1S/C26H30ClFN2O3S2/c1-33-18-4-6-23-20(15-18)19(9-11-29-23)22(28)5-3-17-10-13-30(16-21(17)26(31)32)12-2-14-34-25-8-7-24(27)35-25/h4,6-9,11,15,17,21-22H,2-3,5,10,12-14,16H2,1H3,(H,31,32)/t17-,21+,22?/m1/s1. The molecule has 4 rings (SSSR count). The fourth-order valence-corrected chi connectivity index (χ4v) is 7.10. The Kier molecular flexibility index (Phi) is 9.27. The van der Waals surface area contributed by atoms with Gasteiger partial charge in [0, 0.05) is 23.9 Å². The number of alkyl halides is 1. The molecule has 1 aliphatic heterocycles. The Morgan fingerprint density at radius 3 is 2.97 bits per heavy atom. The molecule has 3 atom stereocenters. The molecule has 3 heterocycles. The van der Waals surface area contributed by atoms with Gasteiger partial charge in [-0.1, -0.05) is 11.6 Å². The van der Waals surface area contributed by atoms with Gasteiger partial charge in [0.05, 0.1) is 27.1 Å². The van der Waals surface area contributed by atoms with Crippen molar-refractivity contribution in [1.29, 1.82) is 0 Å². The Morgan fingerprint density at radius 1 is 1.37 bits per heavy atom. The number of pyridine rings is 1. The van der Waals surface area contributed by atoms with E-state index in [0.717, 1.165) is 46.9 Å². The summed E-state index contributed by atoms with van der Waals surface area (Å²) >= 11 is 9.35. The Balaban J connectivity index is 1.30. The Bertz CT molecular complexity index is 1140. The van der Waals surface area contributed by atoms with Crippen molar-refractivity contribution in [3.8, 4) is 5.75 Å². The molecule has 1 saturated heterocycles. The SMILES string of the molecule is COc1ccc2nccc(C(F)CC[C@@H]3CCN(CCCSc4ccc(Cl)s4)C[C@@H]3C(=O)O)c2c1. The minimum absolute atomic E-state index is 0.0210. The van der Waals surface area contributed by atoms with Gasteiger partial charge < -0.3 is 14.7 Å². The number of aliphatic carboxylic acids is 1. The van der Waals surface area contributed by atoms with E-state index in [-0.39, 0.29) is 5.92 Å². The van der Waals surface area contributed by atoms with Crippen LogP contribution in [0.4, 0.5) is 4.39 Å². The topological polar surface area (TPSA) is 62.7 Å². The van der Waals surface area contributed by atoms with E-state index in [9.17, 15) is 9.90 Å². The molecule has 188 valence electrons. The molecule has 1 aliphatic rings. The number of piperidine rings is 1. The molecule has 3 aromatic rings. The summed E-state index contributed by atoms with van der Waals surface area (Å²) in [6.45, 7) is 2.26. The highest BCUT2D eigenvalue weighted by molar-refractivity contribution is 8.01. The number of likely N-dealkylation sites (tertiary alicyclic amines) is 1. The van der Waals surface area contributed by atoms with Gasteiger partial charge in [-0.3, -0.25) is 9.78 Å². The summed E-state index contributed by atoms with van der Waals surface area (Å²) in [7, 11) is 1.58. The molecule has 1 fully saturated rings. The van der Waals surface area contributed by atoms with E-state index in [1.165, 1.54) is 4.21 Å². The molecular formula is C26H30ClFN2O3S2. The van der Waals surface area contributed by atoms with Crippen molar-refractivity contribution < 1.29 is 19.0 Å². The maximum atomic E-state index is 15.4. The van der Waals surface area contributed by atoms with Crippen molar-refractivity contribution >= 4 is 51.6 Å². The molecular weight excluding hydrogens is 507 g/mol. The summed E-state index contributed by atoms with van der Waals surface area (Å²) in [5.74, 6) is 0.371. The van der Waals surface area contributed by atoms with Crippen LogP contribution in [-0.4, -0.2) is 53.5 Å². The van der Waals surface area contributed by atoms with Crippen molar-refractivity contribution in [2.75, 3.05) is 32.5 Å². The summed E-state index contributed by atoms with van der Waals surface area (Å²) in [4.78, 5) is 18.6. The fourth-order valence-electron chi connectivity index (χ4n) is 4.80. The van der Waals surface area contributed by atoms with Crippen molar-refractivity contribution in [2.24, 2.45) is 11.8 Å². The van der Waals surface area contributed by atoms with Crippen LogP contribution in [0.25, 0.3) is 10.9 Å². The highest BCUT2D eigenvalue weighted by atomic mass is 35.5. The summed E-state index contributed by atoms with van der Waals surface area (Å²) < 4.78 is 22.7. The first-order chi connectivity index (χ1) is 16.9. The van der Waals surface area contributed by atoms with Crippen LogP contribution in [0, 0.1) is 11.8 Å². The number of carboxylic acid groups (broad SMARTS) is 1. The third-order valence-corrected chi connectivity index (χ3v) is 9.22. The van der Waals surface area contributed by atoms with Gasteiger partial charge in [0.1, 0.15) is 11.9 Å². The highest BCUT2D eigenvalue weighted by Crippen LogP contribution is 2.36. The van der Waals surface area contributed by atoms with E-state index < -0.39 is 18.1 Å². The number of fused-ring (bicyclic) bond motifs is 1. The van der Waals surface area contributed by atoms with E-state index in [2.05, 4.69) is 9.88 Å². The van der Waals surface area contributed by atoms with Gasteiger partial charge in [-0.2, -0.15) is 0 Å². The Labute approximate surface area is 218 Å². The second-order valence-corrected chi connectivity index (χ2v) is 12.0. The molecule has 0 amide bonds. The number of thioether (sulfide) groups is 1. The van der Waals surface area contributed by atoms with Gasteiger partial charge in [0.25, 0.3) is 0 Å². The van der Waals surface area contributed by atoms with Crippen LogP contribution in [0.3, 0.4) is 0 Å². The minimum atomic E-state index is -1.18. The number of rotatable bonds is 11. The highest BCUT2D eigenvalue weighted by Gasteiger charge is 2.34. The number of thiophene rings is 1. The summed E-state index contributed by atoms with van der Waals surface area (Å²) in [5, 5.41) is 10.6. The quantitative estimate of drug-likeness (QED) is 0.211. The van der Waals surface area contributed by atoms with Crippen LogP contribution in [0.15, 0.2) is 46.8 Å². The average Bonchev–Trinajstić information content (AvgIpc) is 3.29. The van der Waals surface area contributed by atoms with E-state index in [1.54, 1.807) is 42.5 Å². The molecule has 0 spiro atoms. The maximum absolute atomic E-state index is 15.4. The van der Waals surface area contributed by atoms with Crippen molar-refractivity contribution in [2.45, 2.75) is 36.1 Å². The summed E-state index contributed by atoms with van der Waals surface area (Å²) in [5.41, 5.74) is 1.31. The first kappa shape index (κ1) is 26.2. The van der Waals surface area contributed by atoms with E-state index in [4.69, 9.17) is 16.3 Å². The van der Waals surface area contributed by atoms with Gasteiger partial charge in [0.2, 0.25) is 0 Å². The van der Waals surface area contributed by atoms with Gasteiger partial charge in [-0.05, 0) is 86.7 Å². The van der Waals surface area contributed by atoms with Gasteiger partial charge in [0.15, 0.2) is 0 Å². The molecule has 9 heteroatoms. The molecule has 1 unspecified atom stereocenters. The van der Waals surface area contributed by atoms with Crippen LogP contribution in [0.5, 0.6) is 5.75 Å². The lowest BCUT2D eigenvalue weighted by Crippen LogP contribution is -2.44. The second-order valence-electron chi connectivity index (χ2n) is 8.88. The van der Waals surface area contributed by atoms with Crippen LogP contribution >= 0.6 is 34.7 Å². The number of halogens is 2. The minimum Gasteiger partial charge on any atom is -0.497 e. The summed E-state index contributed by atoms with van der Waals surface area (Å²) in [6.07, 6.45) is 3.06. The number of ether oxygens (including phenoxy) is 1. The summed E-state index contributed by atoms with van der Waals surface area (Å²) in [6, 6.07) is 11.1. The van der Waals surface area contributed by atoms with Crippen LogP contribution in [0.2, 0.25) is 4.34 Å². The number of methoxy groups -OCH3 is 1. The number of carbonyl (C=O) groups is 1. The number of carboxylic acids is 1. The molecule has 35 heavy (non-hydrogen) atoms. The predicted octanol–water partition coefficient (Wildman–Crippen LogP) is 6.95. The zero-order valence-corrected chi connectivity index (χ0v) is 22.0.